The van der Waals surface area contributed by atoms with Crippen molar-refractivity contribution in [2.45, 2.75) is 39.0 Å². The van der Waals surface area contributed by atoms with Crippen molar-refractivity contribution < 1.29 is 9.59 Å². The van der Waals surface area contributed by atoms with Gasteiger partial charge in [-0.15, -0.1) is 11.3 Å². The molecule has 2 rings (SSSR count). The van der Waals surface area contributed by atoms with Crippen LogP contribution in [0.4, 0.5) is 16.5 Å². The number of nitrogens with two attached hydrogens (primary N) is 1. The molecule has 1 aromatic carbocycles. The number of hydrogen-bond donors (Lipinski definition) is 3. The highest BCUT2D eigenvalue weighted by atomic mass is 32.1. The topological polar surface area (TPSA) is 97.1 Å². The Hall–Kier alpha value is -2.93. The molecule has 0 unspecified atom stereocenters. The van der Waals surface area contributed by atoms with Crippen molar-refractivity contribution in [1.29, 1.82) is 0 Å². The lowest BCUT2D eigenvalue weighted by Crippen LogP contribution is -2.13. The minimum absolute atomic E-state index is 0.0623. The van der Waals surface area contributed by atoms with E-state index in [0.29, 0.717) is 29.3 Å². The molecule has 1 heterocycles. The number of aromatic nitrogens is 1. The molecule has 28 heavy (non-hydrogen) atoms. The van der Waals surface area contributed by atoms with E-state index in [1.165, 1.54) is 11.3 Å². The predicted octanol–water partition coefficient (Wildman–Crippen LogP) is 4.84. The van der Waals surface area contributed by atoms with Crippen LogP contribution in [0, 0.1) is 0 Å². The molecule has 2 aromatic rings. The number of rotatable bonds is 10. The van der Waals surface area contributed by atoms with Crippen molar-refractivity contribution >= 4 is 45.2 Å². The summed E-state index contributed by atoms with van der Waals surface area (Å²) < 4.78 is 0. The van der Waals surface area contributed by atoms with Gasteiger partial charge in [0.05, 0.1) is 17.1 Å². The Morgan fingerprint density at radius 3 is 2.50 bits per heavy atom. The maximum atomic E-state index is 12.0. The SMILES string of the molecule is C=CC=C(C)c1csc(NC(=O)CCCCCC(=O)Nc2ccccc2N)n1. The highest BCUT2D eigenvalue weighted by molar-refractivity contribution is 7.14. The molecule has 0 aliphatic carbocycles. The number of benzene rings is 1. The van der Waals surface area contributed by atoms with Crippen LogP contribution in [0.2, 0.25) is 0 Å². The third-order valence-electron chi connectivity index (χ3n) is 4.06. The molecule has 0 atom stereocenters. The molecule has 0 bridgehead atoms. The van der Waals surface area contributed by atoms with E-state index in [-0.39, 0.29) is 11.8 Å². The summed E-state index contributed by atoms with van der Waals surface area (Å²) in [6.45, 7) is 5.61. The Kier molecular flexibility index (Phi) is 8.42. The molecule has 0 aliphatic rings. The fraction of sp³-hybridized carbons (Fsp3) is 0.286. The number of carbonyl (C=O) groups is 2. The van der Waals surface area contributed by atoms with E-state index in [0.717, 1.165) is 30.5 Å². The summed E-state index contributed by atoms with van der Waals surface area (Å²) in [5.41, 5.74) is 8.83. The van der Waals surface area contributed by atoms with E-state index in [4.69, 9.17) is 5.73 Å². The van der Waals surface area contributed by atoms with Crippen LogP contribution in [0.15, 0.2) is 48.4 Å². The van der Waals surface area contributed by atoms with E-state index in [1.54, 1.807) is 18.2 Å². The first-order chi connectivity index (χ1) is 13.5. The van der Waals surface area contributed by atoms with Gasteiger partial charge in [0.1, 0.15) is 0 Å². The molecule has 6 nitrogen and oxygen atoms in total. The highest BCUT2D eigenvalue weighted by Gasteiger charge is 2.08. The number of nitrogen functional groups attached to an aromatic ring is 1. The van der Waals surface area contributed by atoms with Gasteiger partial charge < -0.3 is 16.4 Å². The zero-order valence-corrected chi connectivity index (χ0v) is 16.8. The number of anilines is 3. The maximum absolute atomic E-state index is 12.0. The lowest BCUT2D eigenvalue weighted by Gasteiger charge is -2.07. The zero-order chi connectivity index (χ0) is 20.4. The number of unbranched alkanes of at least 4 members (excludes halogenated alkanes) is 2. The van der Waals surface area contributed by atoms with Crippen molar-refractivity contribution in [3.63, 3.8) is 0 Å². The van der Waals surface area contributed by atoms with Crippen LogP contribution in [0.25, 0.3) is 5.57 Å². The number of nitrogens with zero attached hydrogens (tertiary/aromatic N) is 1. The third kappa shape index (κ3) is 7.00. The Bertz CT molecular complexity index is 858. The molecular weight excluding hydrogens is 372 g/mol. The first kappa shape index (κ1) is 21.4. The molecule has 1 aromatic heterocycles. The maximum Gasteiger partial charge on any atom is 0.226 e. The number of amides is 2. The largest absolute Gasteiger partial charge is 0.397 e. The van der Waals surface area contributed by atoms with Crippen LogP contribution < -0.4 is 16.4 Å². The van der Waals surface area contributed by atoms with E-state index < -0.39 is 0 Å². The van der Waals surface area contributed by atoms with Crippen LogP contribution in [0.5, 0.6) is 0 Å². The second-order valence-corrected chi connectivity index (χ2v) is 7.23. The molecule has 0 spiro atoms. The van der Waals surface area contributed by atoms with Crippen molar-refractivity contribution in [3.05, 3.63) is 54.1 Å². The Balaban J connectivity index is 1.63. The number of para-hydroxylation sites is 2. The minimum atomic E-state index is -0.0689. The summed E-state index contributed by atoms with van der Waals surface area (Å²) in [5.74, 6) is -0.131. The summed E-state index contributed by atoms with van der Waals surface area (Å²) in [5, 5.41) is 8.12. The first-order valence-electron chi connectivity index (χ1n) is 9.19. The molecule has 4 N–H and O–H groups in total. The van der Waals surface area contributed by atoms with Crippen molar-refractivity contribution in [2.24, 2.45) is 0 Å². The second kappa shape index (κ2) is 11.0. The van der Waals surface area contributed by atoms with Crippen molar-refractivity contribution in [2.75, 3.05) is 16.4 Å². The van der Waals surface area contributed by atoms with Gasteiger partial charge in [-0.25, -0.2) is 4.98 Å². The second-order valence-electron chi connectivity index (χ2n) is 6.37. The van der Waals surface area contributed by atoms with Crippen LogP contribution >= 0.6 is 11.3 Å². The van der Waals surface area contributed by atoms with Gasteiger partial charge in [0.2, 0.25) is 11.8 Å². The van der Waals surface area contributed by atoms with E-state index in [2.05, 4.69) is 22.2 Å². The van der Waals surface area contributed by atoms with Crippen molar-refractivity contribution in [1.82, 2.24) is 4.98 Å². The monoisotopic (exact) mass is 398 g/mol. The Morgan fingerprint density at radius 1 is 1.14 bits per heavy atom. The standard InChI is InChI=1S/C21H26N4O2S/c1-3-9-15(2)18-14-28-21(24-18)25-20(27)13-6-4-5-12-19(26)23-17-11-8-7-10-16(17)22/h3,7-11,14H,1,4-6,12-13,22H2,2H3,(H,23,26)(H,24,25,27). The summed E-state index contributed by atoms with van der Waals surface area (Å²) in [7, 11) is 0. The third-order valence-corrected chi connectivity index (χ3v) is 4.82. The normalized spacial score (nSPS) is 11.1. The first-order valence-corrected chi connectivity index (χ1v) is 10.1. The summed E-state index contributed by atoms with van der Waals surface area (Å²) in [6, 6.07) is 7.17. The Labute approximate surface area is 169 Å². The van der Waals surface area contributed by atoms with Crippen LogP contribution in [-0.2, 0) is 9.59 Å². The van der Waals surface area contributed by atoms with Gasteiger partial charge in [-0.05, 0) is 37.5 Å². The molecule has 0 saturated heterocycles. The lowest BCUT2D eigenvalue weighted by atomic mass is 10.1. The molecule has 0 aliphatic heterocycles. The average Bonchev–Trinajstić information content (AvgIpc) is 3.12. The van der Waals surface area contributed by atoms with Gasteiger partial charge in [-0.1, -0.05) is 37.3 Å². The average molecular weight is 399 g/mol. The fourth-order valence-corrected chi connectivity index (χ4v) is 3.31. The van der Waals surface area contributed by atoms with Crippen LogP contribution in [0.3, 0.4) is 0 Å². The summed E-state index contributed by atoms with van der Waals surface area (Å²) in [6.07, 6.45) is 6.64. The van der Waals surface area contributed by atoms with Crippen LogP contribution in [-0.4, -0.2) is 16.8 Å². The number of thiazole rings is 1. The fourth-order valence-electron chi connectivity index (χ4n) is 2.53. The minimum Gasteiger partial charge on any atom is -0.397 e. The van der Waals surface area contributed by atoms with Gasteiger partial charge in [-0.2, -0.15) is 0 Å². The molecule has 0 radical (unpaired) electrons. The number of allylic oxidation sites excluding steroid dienone is 3. The zero-order valence-electron chi connectivity index (χ0n) is 16.0. The lowest BCUT2D eigenvalue weighted by molar-refractivity contribution is -0.116. The molecule has 0 fully saturated rings. The molecular formula is C21H26N4O2S. The van der Waals surface area contributed by atoms with Crippen LogP contribution in [0.1, 0.15) is 44.7 Å². The molecule has 0 saturated carbocycles. The predicted molar refractivity (Wildman–Crippen MR) is 117 cm³/mol. The molecule has 7 heteroatoms. The van der Waals surface area contributed by atoms with E-state index >= 15 is 0 Å². The van der Waals surface area contributed by atoms with Gasteiger partial charge in [0, 0.05) is 18.2 Å². The smallest absolute Gasteiger partial charge is 0.226 e. The van der Waals surface area contributed by atoms with Crippen molar-refractivity contribution in [3.8, 4) is 0 Å². The van der Waals surface area contributed by atoms with E-state index in [9.17, 15) is 9.59 Å². The number of hydrogen-bond acceptors (Lipinski definition) is 5. The Morgan fingerprint density at radius 2 is 1.82 bits per heavy atom. The molecule has 2 amide bonds. The van der Waals surface area contributed by atoms with Gasteiger partial charge in [-0.3, -0.25) is 9.59 Å². The van der Waals surface area contributed by atoms with Gasteiger partial charge in [0.15, 0.2) is 5.13 Å². The quantitative estimate of drug-likeness (QED) is 0.303. The number of nitrogens with one attached hydrogen (secondary N) is 2. The van der Waals surface area contributed by atoms with Gasteiger partial charge in [0.25, 0.3) is 0 Å². The van der Waals surface area contributed by atoms with Gasteiger partial charge >= 0.3 is 0 Å². The summed E-state index contributed by atoms with van der Waals surface area (Å²) >= 11 is 1.40. The molecule has 148 valence electrons. The van der Waals surface area contributed by atoms with E-state index in [1.807, 2.05) is 30.5 Å². The summed E-state index contributed by atoms with van der Waals surface area (Å²) in [4.78, 5) is 28.4. The number of carbonyl (C=O) groups excluding carboxylic acids is 2. The highest BCUT2D eigenvalue weighted by Crippen LogP contribution is 2.22.